The van der Waals surface area contributed by atoms with Gasteiger partial charge in [0.05, 0.1) is 24.0 Å². The normalized spacial score (nSPS) is 22.5. The average Bonchev–Trinajstić information content (AvgIpc) is 2.78. The monoisotopic (exact) mass is 466 g/mol. The number of rotatable bonds is 18. The minimum absolute atomic E-state index is 0.0794. The predicted octanol–water partition coefficient (Wildman–Crippen LogP) is 8.40. The van der Waals surface area contributed by atoms with Crippen molar-refractivity contribution in [3.05, 3.63) is 0 Å². The summed E-state index contributed by atoms with van der Waals surface area (Å²) in [7, 11) is 0. The predicted molar refractivity (Wildman–Crippen MR) is 137 cm³/mol. The molecule has 0 bridgehead atoms. The number of carbonyl (C=O) groups is 2. The standard InChI is InChI=1S/C29H54O4/c1-6-8-10-12-14-16-20-24(4)32-28(30)26-22-18-19-23(3)27(26)29(31)33-25(5)21-17-15-13-11-9-7-2/h23-27H,6-22H2,1-5H3. The number of hydrogen-bond acceptors (Lipinski definition) is 4. The van der Waals surface area contributed by atoms with E-state index in [1.807, 2.05) is 13.8 Å². The molecular weight excluding hydrogens is 412 g/mol. The first kappa shape index (κ1) is 30.0. The second kappa shape index (κ2) is 18.3. The molecule has 0 heterocycles. The minimum Gasteiger partial charge on any atom is -0.462 e. The zero-order valence-corrected chi connectivity index (χ0v) is 22.5. The molecule has 0 N–H and O–H groups in total. The maximum Gasteiger partial charge on any atom is 0.310 e. The van der Waals surface area contributed by atoms with Gasteiger partial charge in [0, 0.05) is 0 Å². The van der Waals surface area contributed by atoms with Gasteiger partial charge in [-0.25, -0.2) is 0 Å². The van der Waals surface area contributed by atoms with E-state index in [1.54, 1.807) is 0 Å². The van der Waals surface area contributed by atoms with Gasteiger partial charge in [-0.05, 0) is 58.3 Å². The molecule has 1 aliphatic carbocycles. The lowest BCUT2D eigenvalue weighted by Gasteiger charge is -2.34. The van der Waals surface area contributed by atoms with Gasteiger partial charge in [0.25, 0.3) is 0 Å². The van der Waals surface area contributed by atoms with Gasteiger partial charge in [-0.2, -0.15) is 0 Å². The Morgan fingerprint density at radius 1 is 0.697 bits per heavy atom. The molecule has 1 saturated carbocycles. The van der Waals surface area contributed by atoms with E-state index in [9.17, 15) is 9.59 Å². The maximum atomic E-state index is 13.1. The van der Waals surface area contributed by atoms with Crippen molar-refractivity contribution in [1.82, 2.24) is 0 Å². The van der Waals surface area contributed by atoms with Crippen molar-refractivity contribution in [2.45, 2.75) is 156 Å². The van der Waals surface area contributed by atoms with Crippen LogP contribution in [0.1, 0.15) is 144 Å². The molecule has 0 spiro atoms. The van der Waals surface area contributed by atoms with Gasteiger partial charge in [0.1, 0.15) is 0 Å². The van der Waals surface area contributed by atoms with Gasteiger partial charge >= 0.3 is 11.9 Å². The second-order valence-electron chi connectivity index (χ2n) is 10.6. The van der Waals surface area contributed by atoms with Crippen molar-refractivity contribution in [2.24, 2.45) is 17.8 Å². The Kier molecular flexibility index (Phi) is 16.6. The van der Waals surface area contributed by atoms with Crippen LogP contribution < -0.4 is 0 Å². The van der Waals surface area contributed by atoms with Crippen molar-refractivity contribution >= 4 is 11.9 Å². The summed E-state index contributed by atoms with van der Waals surface area (Å²) in [6, 6.07) is 0. The van der Waals surface area contributed by atoms with Gasteiger partial charge < -0.3 is 9.47 Å². The third-order valence-electron chi connectivity index (χ3n) is 7.36. The van der Waals surface area contributed by atoms with Crippen LogP contribution in [-0.2, 0) is 19.1 Å². The SMILES string of the molecule is CCCCCCCCC(C)OC(=O)C1CCCC(C)C1C(=O)OC(C)CCCCCCCC. The molecule has 5 unspecified atom stereocenters. The summed E-state index contributed by atoms with van der Waals surface area (Å²) in [4.78, 5) is 26.1. The van der Waals surface area contributed by atoms with Gasteiger partial charge in [-0.3, -0.25) is 9.59 Å². The molecule has 0 saturated heterocycles. The molecule has 1 rings (SSSR count). The Hall–Kier alpha value is -1.06. The zero-order chi connectivity index (χ0) is 24.5. The third-order valence-corrected chi connectivity index (χ3v) is 7.36. The highest BCUT2D eigenvalue weighted by atomic mass is 16.6. The van der Waals surface area contributed by atoms with Crippen LogP contribution in [0.25, 0.3) is 0 Å². The fourth-order valence-electron chi connectivity index (χ4n) is 5.18. The number of esters is 2. The molecule has 33 heavy (non-hydrogen) atoms. The first-order chi connectivity index (χ1) is 15.9. The average molecular weight is 467 g/mol. The number of ether oxygens (including phenoxy) is 2. The largest absolute Gasteiger partial charge is 0.462 e. The Bertz CT molecular complexity index is 518. The molecule has 0 aromatic rings. The molecule has 0 amide bonds. The maximum absolute atomic E-state index is 13.1. The summed E-state index contributed by atoms with van der Waals surface area (Å²) in [5.41, 5.74) is 0. The summed E-state index contributed by atoms with van der Waals surface area (Å²) >= 11 is 0. The van der Waals surface area contributed by atoms with Gasteiger partial charge in [0.2, 0.25) is 0 Å². The molecule has 0 aliphatic heterocycles. The van der Waals surface area contributed by atoms with E-state index in [1.165, 1.54) is 64.2 Å². The molecule has 4 nitrogen and oxygen atoms in total. The molecule has 1 aliphatic rings. The fourth-order valence-corrected chi connectivity index (χ4v) is 5.18. The van der Waals surface area contributed by atoms with Crippen LogP contribution in [0.15, 0.2) is 0 Å². The lowest BCUT2D eigenvalue weighted by Crippen LogP contribution is -2.41. The molecular formula is C29H54O4. The van der Waals surface area contributed by atoms with Gasteiger partial charge in [-0.15, -0.1) is 0 Å². The summed E-state index contributed by atoms with van der Waals surface area (Å²) < 4.78 is 11.7. The smallest absolute Gasteiger partial charge is 0.310 e. The Morgan fingerprint density at radius 2 is 1.15 bits per heavy atom. The first-order valence-corrected chi connectivity index (χ1v) is 14.3. The molecule has 1 fully saturated rings. The Balaban J connectivity index is 2.45. The van der Waals surface area contributed by atoms with Crippen LogP contribution in [0, 0.1) is 17.8 Å². The van der Waals surface area contributed by atoms with Crippen molar-refractivity contribution in [2.75, 3.05) is 0 Å². The van der Waals surface area contributed by atoms with E-state index in [4.69, 9.17) is 9.47 Å². The molecule has 194 valence electrons. The summed E-state index contributed by atoms with van der Waals surface area (Å²) in [6.45, 7) is 10.5. The van der Waals surface area contributed by atoms with Gasteiger partial charge in [-0.1, -0.05) is 91.4 Å². The van der Waals surface area contributed by atoms with Crippen molar-refractivity contribution in [1.29, 1.82) is 0 Å². The van der Waals surface area contributed by atoms with Crippen LogP contribution in [-0.4, -0.2) is 24.1 Å². The highest BCUT2D eigenvalue weighted by Gasteiger charge is 2.42. The number of unbranched alkanes of at least 4 members (excludes halogenated alkanes) is 10. The van der Waals surface area contributed by atoms with E-state index in [0.29, 0.717) is 0 Å². The second-order valence-corrected chi connectivity index (χ2v) is 10.6. The summed E-state index contributed by atoms with van der Waals surface area (Å²) in [5.74, 6) is -0.926. The summed E-state index contributed by atoms with van der Waals surface area (Å²) in [5, 5.41) is 0. The highest BCUT2D eigenvalue weighted by molar-refractivity contribution is 5.82. The lowest BCUT2D eigenvalue weighted by molar-refractivity contribution is -0.170. The van der Waals surface area contributed by atoms with Gasteiger partial charge in [0.15, 0.2) is 0 Å². The first-order valence-electron chi connectivity index (χ1n) is 14.3. The highest BCUT2D eigenvalue weighted by Crippen LogP contribution is 2.37. The molecule has 5 atom stereocenters. The lowest BCUT2D eigenvalue weighted by atomic mass is 9.72. The number of hydrogen-bond donors (Lipinski definition) is 0. The molecule has 4 heteroatoms. The quantitative estimate of drug-likeness (QED) is 0.150. The Labute approximate surface area is 205 Å². The molecule has 0 radical (unpaired) electrons. The van der Waals surface area contributed by atoms with Crippen LogP contribution in [0.5, 0.6) is 0 Å². The zero-order valence-electron chi connectivity index (χ0n) is 22.5. The number of carbonyl (C=O) groups excluding carboxylic acids is 2. The van der Waals surface area contributed by atoms with E-state index < -0.39 is 0 Å². The van der Waals surface area contributed by atoms with E-state index >= 15 is 0 Å². The van der Waals surface area contributed by atoms with Crippen LogP contribution >= 0.6 is 0 Å². The fraction of sp³-hybridized carbons (Fsp3) is 0.931. The van der Waals surface area contributed by atoms with Crippen LogP contribution in [0.3, 0.4) is 0 Å². The molecule has 0 aromatic carbocycles. The molecule has 0 aromatic heterocycles. The van der Waals surface area contributed by atoms with E-state index in [-0.39, 0.29) is 41.9 Å². The Morgan fingerprint density at radius 3 is 1.67 bits per heavy atom. The van der Waals surface area contributed by atoms with Crippen molar-refractivity contribution in [3.8, 4) is 0 Å². The van der Waals surface area contributed by atoms with E-state index in [0.717, 1.165) is 44.9 Å². The van der Waals surface area contributed by atoms with Crippen LogP contribution in [0.4, 0.5) is 0 Å². The third kappa shape index (κ3) is 12.8. The van der Waals surface area contributed by atoms with Crippen molar-refractivity contribution in [3.63, 3.8) is 0 Å². The topological polar surface area (TPSA) is 52.6 Å². The van der Waals surface area contributed by atoms with E-state index in [2.05, 4.69) is 20.8 Å². The van der Waals surface area contributed by atoms with Crippen molar-refractivity contribution < 1.29 is 19.1 Å². The van der Waals surface area contributed by atoms with Crippen LogP contribution in [0.2, 0.25) is 0 Å². The minimum atomic E-state index is -0.362. The summed E-state index contributed by atoms with van der Waals surface area (Å²) in [6.07, 6.45) is 19.2.